The van der Waals surface area contributed by atoms with Crippen LogP contribution in [0.3, 0.4) is 0 Å². The Hall–Kier alpha value is -0.470. The van der Waals surface area contributed by atoms with Gasteiger partial charge in [-0.1, -0.05) is 41.0 Å². The second kappa shape index (κ2) is 5.42. The number of benzene rings is 1. The Kier molecular flexibility index (Phi) is 4.49. The van der Waals surface area contributed by atoms with Crippen LogP contribution in [0.4, 0.5) is 0 Å². The van der Waals surface area contributed by atoms with Crippen LogP contribution < -0.4 is 4.74 Å². The smallest absolute Gasteiger partial charge is 0.139 e. The first-order chi connectivity index (χ1) is 6.63. The summed E-state index contributed by atoms with van der Waals surface area (Å²) >= 11 is 9.31. The topological polar surface area (TPSA) is 9.23 Å². The molecule has 1 rings (SSSR count). The van der Waals surface area contributed by atoms with Crippen LogP contribution in [0.2, 0.25) is 5.02 Å². The predicted octanol–water partition coefficient (Wildman–Crippen LogP) is 4.45. The highest BCUT2D eigenvalue weighted by atomic mass is 79.9. The van der Waals surface area contributed by atoms with E-state index in [2.05, 4.69) is 22.5 Å². The van der Waals surface area contributed by atoms with Crippen molar-refractivity contribution in [3.63, 3.8) is 0 Å². The van der Waals surface area contributed by atoms with Gasteiger partial charge in [0.25, 0.3) is 0 Å². The molecule has 0 aliphatic heterocycles. The van der Waals surface area contributed by atoms with Crippen LogP contribution in [-0.2, 0) is 0 Å². The number of halogens is 2. The monoisotopic (exact) mass is 274 g/mol. The number of ether oxygens (including phenoxy) is 1. The van der Waals surface area contributed by atoms with Crippen LogP contribution in [0.15, 0.2) is 34.8 Å². The van der Waals surface area contributed by atoms with Gasteiger partial charge in [-0.2, -0.15) is 0 Å². The van der Waals surface area contributed by atoms with Crippen molar-refractivity contribution >= 4 is 27.5 Å². The molecule has 0 aliphatic carbocycles. The molecule has 0 bridgehead atoms. The van der Waals surface area contributed by atoms with E-state index in [1.807, 2.05) is 19.1 Å². The summed E-state index contributed by atoms with van der Waals surface area (Å²) in [6.07, 6.45) is 0.922. The van der Waals surface area contributed by atoms with Crippen molar-refractivity contribution in [3.05, 3.63) is 39.8 Å². The minimum atomic E-state index is 0.521. The van der Waals surface area contributed by atoms with E-state index in [1.54, 1.807) is 6.07 Å². The Morgan fingerprint density at radius 1 is 1.57 bits per heavy atom. The van der Waals surface area contributed by atoms with Gasteiger partial charge >= 0.3 is 0 Å². The molecular weight excluding hydrogens is 263 g/mol. The Morgan fingerprint density at radius 2 is 2.29 bits per heavy atom. The predicted molar refractivity (Wildman–Crippen MR) is 64.1 cm³/mol. The van der Waals surface area contributed by atoms with Gasteiger partial charge in [-0.05, 0) is 30.2 Å². The van der Waals surface area contributed by atoms with Gasteiger partial charge in [-0.3, -0.25) is 0 Å². The molecule has 0 fully saturated rings. The fraction of sp³-hybridized carbons (Fsp3) is 0.273. The van der Waals surface area contributed by atoms with Gasteiger partial charge in [0.2, 0.25) is 0 Å². The average molecular weight is 276 g/mol. The van der Waals surface area contributed by atoms with E-state index in [-0.39, 0.29) is 0 Å². The molecule has 1 aromatic rings. The molecule has 0 aliphatic rings. The molecule has 0 amide bonds. The largest absolute Gasteiger partial charge is 0.488 e. The van der Waals surface area contributed by atoms with Gasteiger partial charge in [0.1, 0.15) is 12.4 Å². The van der Waals surface area contributed by atoms with E-state index < -0.39 is 0 Å². The molecule has 0 saturated carbocycles. The van der Waals surface area contributed by atoms with E-state index in [0.717, 1.165) is 16.5 Å². The first-order valence-corrected chi connectivity index (χ1v) is 5.55. The maximum Gasteiger partial charge on any atom is 0.139 e. The van der Waals surface area contributed by atoms with Crippen molar-refractivity contribution in [2.24, 2.45) is 0 Å². The van der Waals surface area contributed by atoms with Gasteiger partial charge in [-0.15, -0.1) is 0 Å². The molecule has 14 heavy (non-hydrogen) atoms. The number of rotatable bonds is 4. The van der Waals surface area contributed by atoms with E-state index in [4.69, 9.17) is 16.3 Å². The van der Waals surface area contributed by atoms with Crippen LogP contribution >= 0.6 is 27.5 Å². The average Bonchev–Trinajstić information content (AvgIpc) is 2.19. The van der Waals surface area contributed by atoms with Gasteiger partial charge in [0, 0.05) is 4.47 Å². The Labute approximate surface area is 97.9 Å². The van der Waals surface area contributed by atoms with Crippen molar-refractivity contribution in [1.82, 2.24) is 0 Å². The zero-order valence-electron chi connectivity index (χ0n) is 8.02. The van der Waals surface area contributed by atoms with Crippen molar-refractivity contribution in [2.75, 3.05) is 6.61 Å². The first kappa shape index (κ1) is 11.6. The van der Waals surface area contributed by atoms with Crippen LogP contribution in [0, 0.1) is 0 Å². The number of hydrogen-bond donors (Lipinski definition) is 0. The van der Waals surface area contributed by atoms with E-state index in [9.17, 15) is 0 Å². The third kappa shape index (κ3) is 3.35. The molecule has 3 heteroatoms. The molecule has 0 aromatic heterocycles. The highest BCUT2D eigenvalue weighted by Gasteiger charge is 2.02. The Bertz CT molecular complexity index is 336. The number of hydrogen-bond acceptors (Lipinski definition) is 1. The van der Waals surface area contributed by atoms with Crippen LogP contribution in [0.1, 0.15) is 13.3 Å². The third-order valence-corrected chi connectivity index (χ3v) is 2.63. The SMILES string of the molecule is C=C(CC)COc1cc(Br)ccc1Cl. The summed E-state index contributed by atoms with van der Waals surface area (Å²) < 4.78 is 6.47. The van der Waals surface area contributed by atoms with E-state index in [0.29, 0.717) is 17.4 Å². The van der Waals surface area contributed by atoms with Gasteiger partial charge in [-0.25, -0.2) is 0 Å². The lowest BCUT2D eigenvalue weighted by atomic mass is 10.2. The molecule has 0 spiro atoms. The summed E-state index contributed by atoms with van der Waals surface area (Å²) in [5.74, 6) is 0.690. The normalized spacial score (nSPS) is 9.93. The molecule has 0 radical (unpaired) electrons. The third-order valence-electron chi connectivity index (χ3n) is 1.83. The minimum Gasteiger partial charge on any atom is -0.488 e. The zero-order chi connectivity index (χ0) is 10.6. The fourth-order valence-electron chi connectivity index (χ4n) is 0.870. The van der Waals surface area contributed by atoms with Gasteiger partial charge in [0.05, 0.1) is 5.02 Å². The van der Waals surface area contributed by atoms with E-state index in [1.165, 1.54) is 0 Å². The molecule has 0 atom stereocenters. The molecule has 0 saturated heterocycles. The van der Waals surface area contributed by atoms with Crippen molar-refractivity contribution in [3.8, 4) is 5.75 Å². The summed E-state index contributed by atoms with van der Waals surface area (Å²) in [6.45, 7) is 6.43. The highest BCUT2D eigenvalue weighted by Crippen LogP contribution is 2.28. The summed E-state index contributed by atoms with van der Waals surface area (Å²) in [7, 11) is 0. The molecule has 1 aromatic carbocycles. The highest BCUT2D eigenvalue weighted by molar-refractivity contribution is 9.10. The fourth-order valence-corrected chi connectivity index (χ4v) is 1.38. The molecular formula is C11H12BrClO. The summed E-state index contributed by atoms with van der Waals surface area (Å²) in [4.78, 5) is 0. The molecule has 0 unspecified atom stereocenters. The van der Waals surface area contributed by atoms with Gasteiger partial charge in [0.15, 0.2) is 0 Å². The summed E-state index contributed by atoms with van der Waals surface area (Å²) in [5, 5.41) is 0.622. The standard InChI is InChI=1S/C11H12BrClO/c1-3-8(2)7-14-11-6-9(12)4-5-10(11)13/h4-6H,2-3,7H2,1H3. The molecule has 0 heterocycles. The zero-order valence-corrected chi connectivity index (χ0v) is 10.4. The first-order valence-electron chi connectivity index (χ1n) is 4.38. The van der Waals surface area contributed by atoms with Gasteiger partial charge < -0.3 is 4.74 Å². The Balaban J connectivity index is 2.66. The van der Waals surface area contributed by atoms with Crippen LogP contribution in [-0.4, -0.2) is 6.61 Å². The minimum absolute atomic E-state index is 0.521. The molecule has 0 N–H and O–H groups in total. The molecule has 76 valence electrons. The molecule has 1 nitrogen and oxygen atoms in total. The second-order valence-electron chi connectivity index (χ2n) is 2.97. The Morgan fingerprint density at radius 3 is 2.93 bits per heavy atom. The lowest BCUT2D eigenvalue weighted by Crippen LogP contribution is -1.99. The maximum atomic E-state index is 5.95. The van der Waals surface area contributed by atoms with E-state index >= 15 is 0 Å². The van der Waals surface area contributed by atoms with Crippen molar-refractivity contribution in [2.45, 2.75) is 13.3 Å². The maximum absolute atomic E-state index is 5.95. The lowest BCUT2D eigenvalue weighted by molar-refractivity contribution is 0.349. The van der Waals surface area contributed by atoms with Crippen LogP contribution in [0.5, 0.6) is 5.75 Å². The van der Waals surface area contributed by atoms with Crippen molar-refractivity contribution < 1.29 is 4.74 Å². The lowest BCUT2D eigenvalue weighted by Gasteiger charge is -2.08. The quantitative estimate of drug-likeness (QED) is 0.738. The summed E-state index contributed by atoms with van der Waals surface area (Å²) in [6, 6.07) is 5.53. The van der Waals surface area contributed by atoms with Crippen LogP contribution in [0.25, 0.3) is 0 Å². The van der Waals surface area contributed by atoms with Crippen molar-refractivity contribution in [1.29, 1.82) is 0 Å². The second-order valence-corrected chi connectivity index (χ2v) is 4.29. The summed E-state index contributed by atoms with van der Waals surface area (Å²) in [5.41, 5.74) is 1.06.